The molecule has 74 valence electrons. The van der Waals surface area contributed by atoms with Crippen LogP contribution in [0.4, 0.5) is 0 Å². The van der Waals surface area contributed by atoms with Gasteiger partial charge in [0.2, 0.25) is 0 Å². The predicted octanol–water partition coefficient (Wildman–Crippen LogP) is 3.49. The number of aliphatic hydroxyl groups excluding tert-OH is 1. The van der Waals surface area contributed by atoms with Crippen LogP contribution in [0.3, 0.4) is 0 Å². The summed E-state index contributed by atoms with van der Waals surface area (Å²) in [5.74, 6) is 0. The van der Waals surface area contributed by atoms with Gasteiger partial charge in [-0.2, -0.15) is 0 Å². The van der Waals surface area contributed by atoms with Crippen molar-refractivity contribution in [3.05, 3.63) is 44.4 Å². The van der Waals surface area contributed by atoms with E-state index in [1.165, 1.54) is 0 Å². The van der Waals surface area contributed by atoms with Crippen molar-refractivity contribution in [2.45, 2.75) is 13.0 Å². The average Bonchev–Trinajstić information content (AvgIpc) is 2.76. The van der Waals surface area contributed by atoms with E-state index in [-0.39, 0.29) is 0 Å². The Morgan fingerprint density at radius 2 is 2.36 bits per heavy atom. The number of thiophene rings is 1. The van der Waals surface area contributed by atoms with E-state index in [1.54, 1.807) is 29.9 Å². The van der Waals surface area contributed by atoms with Crippen LogP contribution in [0.2, 0.25) is 0 Å². The first kappa shape index (κ1) is 9.96. The molecule has 0 aliphatic rings. The van der Waals surface area contributed by atoms with Crippen LogP contribution in [0.1, 0.15) is 22.1 Å². The van der Waals surface area contributed by atoms with Crippen LogP contribution in [-0.2, 0) is 0 Å². The van der Waals surface area contributed by atoms with Gasteiger partial charge in [0.15, 0.2) is 0 Å². The molecule has 0 bridgehead atoms. The molecule has 1 unspecified atom stereocenters. The van der Waals surface area contributed by atoms with Crippen LogP contribution in [0, 0.1) is 6.92 Å². The highest BCUT2D eigenvalue weighted by Crippen LogP contribution is 2.34. The van der Waals surface area contributed by atoms with Crippen LogP contribution in [-0.4, -0.2) is 5.11 Å². The molecule has 2 nitrogen and oxygen atoms in total. The van der Waals surface area contributed by atoms with Gasteiger partial charge in [-0.1, -0.05) is 0 Å². The number of hydrogen-bond donors (Lipinski definition) is 1. The molecule has 2 aromatic heterocycles. The van der Waals surface area contributed by atoms with Crippen LogP contribution in [0.25, 0.3) is 0 Å². The Morgan fingerprint density at radius 3 is 2.86 bits per heavy atom. The Kier molecular flexibility index (Phi) is 2.76. The zero-order valence-electron chi connectivity index (χ0n) is 7.53. The van der Waals surface area contributed by atoms with Gasteiger partial charge in [-0.05, 0) is 40.5 Å². The van der Waals surface area contributed by atoms with Gasteiger partial charge in [0.1, 0.15) is 6.10 Å². The molecule has 0 fully saturated rings. The van der Waals surface area contributed by atoms with Gasteiger partial charge in [0.05, 0.1) is 16.3 Å². The van der Waals surface area contributed by atoms with Crippen molar-refractivity contribution in [3.8, 4) is 0 Å². The Balaban J connectivity index is 2.32. The van der Waals surface area contributed by atoms with Crippen LogP contribution in [0.15, 0.2) is 32.9 Å². The summed E-state index contributed by atoms with van der Waals surface area (Å²) in [5, 5.41) is 9.95. The van der Waals surface area contributed by atoms with Crippen molar-refractivity contribution in [2.24, 2.45) is 0 Å². The minimum absolute atomic E-state index is 0.580. The van der Waals surface area contributed by atoms with Gasteiger partial charge in [-0.15, -0.1) is 11.3 Å². The zero-order valence-corrected chi connectivity index (χ0v) is 9.93. The SMILES string of the molecule is Cc1cc(C(O)c2ccoc2)sc1Br. The molecule has 0 saturated carbocycles. The van der Waals surface area contributed by atoms with Crippen LogP contribution in [0.5, 0.6) is 0 Å². The third kappa shape index (κ3) is 1.78. The molecule has 0 aliphatic heterocycles. The number of halogens is 1. The van der Waals surface area contributed by atoms with E-state index in [0.29, 0.717) is 0 Å². The molecular weight excluding hydrogens is 264 g/mol. The van der Waals surface area contributed by atoms with Crippen LogP contribution >= 0.6 is 27.3 Å². The van der Waals surface area contributed by atoms with Crippen molar-refractivity contribution >= 4 is 27.3 Å². The maximum absolute atomic E-state index is 9.95. The molecule has 0 aromatic carbocycles. The summed E-state index contributed by atoms with van der Waals surface area (Å²) >= 11 is 4.98. The second kappa shape index (κ2) is 3.88. The van der Waals surface area contributed by atoms with Crippen molar-refractivity contribution in [2.75, 3.05) is 0 Å². The monoisotopic (exact) mass is 272 g/mol. The highest BCUT2D eigenvalue weighted by molar-refractivity contribution is 9.11. The molecule has 1 N–H and O–H groups in total. The molecule has 14 heavy (non-hydrogen) atoms. The summed E-state index contributed by atoms with van der Waals surface area (Å²) in [4.78, 5) is 0.927. The zero-order chi connectivity index (χ0) is 10.1. The molecule has 0 saturated heterocycles. The molecule has 2 heterocycles. The molecule has 0 amide bonds. The molecule has 1 atom stereocenters. The number of furan rings is 1. The fraction of sp³-hybridized carbons (Fsp3) is 0.200. The van der Waals surface area contributed by atoms with E-state index in [9.17, 15) is 5.11 Å². The first-order valence-corrected chi connectivity index (χ1v) is 5.75. The predicted molar refractivity (Wildman–Crippen MR) is 59.5 cm³/mol. The molecule has 0 radical (unpaired) electrons. The molecule has 2 rings (SSSR count). The van der Waals surface area contributed by atoms with E-state index >= 15 is 0 Å². The Hall–Kier alpha value is -0.580. The fourth-order valence-electron chi connectivity index (χ4n) is 1.21. The largest absolute Gasteiger partial charge is 0.472 e. The second-order valence-electron chi connectivity index (χ2n) is 3.06. The Bertz CT molecular complexity index is 400. The number of aryl methyl sites for hydroxylation is 1. The van der Waals surface area contributed by atoms with Crippen molar-refractivity contribution in [1.82, 2.24) is 0 Å². The number of hydrogen-bond acceptors (Lipinski definition) is 3. The molecule has 0 aliphatic carbocycles. The standard InChI is InChI=1S/C10H9BrO2S/c1-6-4-8(14-10(6)11)9(12)7-2-3-13-5-7/h2-5,9,12H,1H3. The van der Waals surface area contributed by atoms with E-state index in [2.05, 4.69) is 15.9 Å². The molecule has 0 spiro atoms. The smallest absolute Gasteiger partial charge is 0.116 e. The van der Waals surface area contributed by atoms with Gasteiger partial charge in [0, 0.05) is 10.4 Å². The van der Waals surface area contributed by atoms with E-state index in [0.717, 1.165) is 19.8 Å². The van der Waals surface area contributed by atoms with Gasteiger partial charge in [-0.25, -0.2) is 0 Å². The molecule has 2 aromatic rings. The van der Waals surface area contributed by atoms with Gasteiger partial charge >= 0.3 is 0 Å². The summed E-state index contributed by atoms with van der Waals surface area (Å²) in [6.45, 7) is 2.01. The third-order valence-corrected chi connectivity index (χ3v) is 4.19. The normalized spacial score (nSPS) is 13.1. The summed E-state index contributed by atoms with van der Waals surface area (Å²) in [5.41, 5.74) is 1.94. The Morgan fingerprint density at radius 1 is 1.57 bits per heavy atom. The van der Waals surface area contributed by atoms with Crippen molar-refractivity contribution in [3.63, 3.8) is 0 Å². The van der Waals surface area contributed by atoms with E-state index in [1.807, 2.05) is 13.0 Å². The van der Waals surface area contributed by atoms with Crippen LogP contribution < -0.4 is 0 Å². The van der Waals surface area contributed by atoms with E-state index < -0.39 is 6.10 Å². The Labute approximate surface area is 94.3 Å². The quantitative estimate of drug-likeness (QED) is 0.908. The summed E-state index contributed by atoms with van der Waals surface area (Å²) in [6, 6.07) is 3.75. The van der Waals surface area contributed by atoms with Gasteiger partial charge in [0.25, 0.3) is 0 Å². The number of rotatable bonds is 2. The lowest BCUT2D eigenvalue weighted by Gasteiger charge is -2.03. The molecule has 4 heteroatoms. The molecular formula is C10H9BrO2S. The van der Waals surface area contributed by atoms with E-state index in [4.69, 9.17) is 4.42 Å². The minimum Gasteiger partial charge on any atom is -0.472 e. The number of aliphatic hydroxyl groups is 1. The lowest BCUT2D eigenvalue weighted by Crippen LogP contribution is -1.93. The van der Waals surface area contributed by atoms with Gasteiger partial charge in [-0.3, -0.25) is 0 Å². The summed E-state index contributed by atoms with van der Waals surface area (Å²) < 4.78 is 5.99. The lowest BCUT2D eigenvalue weighted by molar-refractivity contribution is 0.223. The second-order valence-corrected chi connectivity index (χ2v) is 5.47. The van der Waals surface area contributed by atoms with Crippen molar-refractivity contribution in [1.29, 1.82) is 0 Å². The third-order valence-electron chi connectivity index (χ3n) is 2.00. The maximum Gasteiger partial charge on any atom is 0.116 e. The maximum atomic E-state index is 9.95. The highest BCUT2D eigenvalue weighted by Gasteiger charge is 2.15. The first-order valence-electron chi connectivity index (χ1n) is 4.14. The highest BCUT2D eigenvalue weighted by atomic mass is 79.9. The minimum atomic E-state index is -0.580. The fourth-order valence-corrected chi connectivity index (χ4v) is 2.80. The topological polar surface area (TPSA) is 33.4 Å². The summed E-state index contributed by atoms with van der Waals surface area (Å²) in [7, 11) is 0. The lowest BCUT2D eigenvalue weighted by atomic mass is 10.1. The van der Waals surface area contributed by atoms with Crippen molar-refractivity contribution < 1.29 is 9.52 Å². The van der Waals surface area contributed by atoms with Gasteiger partial charge < -0.3 is 9.52 Å². The first-order chi connectivity index (χ1) is 6.68. The average molecular weight is 273 g/mol. The summed E-state index contributed by atoms with van der Waals surface area (Å²) in [6.07, 6.45) is 2.55.